The van der Waals surface area contributed by atoms with Gasteiger partial charge in [-0.3, -0.25) is 9.59 Å². The van der Waals surface area contributed by atoms with Crippen LogP contribution in [0.2, 0.25) is 10.0 Å². The van der Waals surface area contributed by atoms with Gasteiger partial charge in [-0.2, -0.15) is 0 Å². The summed E-state index contributed by atoms with van der Waals surface area (Å²) >= 11 is 11.5. The van der Waals surface area contributed by atoms with E-state index in [4.69, 9.17) is 32.7 Å². The summed E-state index contributed by atoms with van der Waals surface area (Å²) < 4.78 is 51.0. The van der Waals surface area contributed by atoms with Crippen LogP contribution >= 0.6 is 23.2 Å². The number of nitrogens with zero attached hydrogens (tertiary/aromatic N) is 1. The van der Waals surface area contributed by atoms with E-state index in [-0.39, 0.29) is 48.4 Å². The van der Waals surface area contributed by atoms with E-state index in [1.807, 2.05) is 19.1 Å². The number of amides is 2. The molecular weight excluding hydrogens is 560 g/mol. The number of benzene rings is 2. The van der Waals surface area contributed by atoms with E-state index in [0.717, 1.165) is 23.8 Å². The summed E-state index contributed by atoms with van der Waals surface area (Å²) in [6.07, 6.45) is 1.25. The molecule has 0 spiro atoms. The molecule has 4 rings (SSSR count). The van der Waals surface area contributed by atoms with Gasteiger partial charge in [0.05, 0.1) is 17.7 Å². The molecule has 1 fully saturated rings. The third kappa shape index (κ3) is 9.59. The number of ether oxygens (including phenoxy) is 2. The first-order chi connectivity index (χ1) is 18.5. The average molecular weight is 590 g/mol. The molecule has 2 unspecified atom stereocenters. The molecule has 2 atom stereocenters. The molecule has 0 aromatic heterocycles. The SMILES string of the molecule is C=[N+](CCNC=O)NC(=O)COc1ccc(Cl)c(F)c1.CC1CC(NC2CC(F)(F)C2)c2cc(Cl)ccc2O1. The van der Waals surface area contributed by atoms with Gasteiger partial charge in [0.2, 0.25) is 6.41 Å². The van der Waals surface area contributed by atoms with Crippen molar-refractivity contribution in [3.63, 3.8) is 0 Å². The van der Waals surface area contributed by atoms with Gasteiger partial charge < -0.3 is 20.1 Å². The lowest BCUT2D eigenvalue weighted by molar-refractivity contribution is -0.564. The monoisotopic (exact) mass is 589 g/mol. The molecule has 0 radical (unpaired) electrons. The summed E-state index contributed by atoms with van der Waals surface area (Å²) in [6, 6.07) is 9.29. The minimum atomic E-state index is -2.49. The standard InChI is InChI=1S/C14H16ClF2NO.C12H13ClFN3O3/c1-8-4-12(18-10-6-14(16,17)7-10)11-5-9(15)2-3-13(11)19-8;1-17(5-4-15-8-18)16-12(19)7-20-9-2-3-10(13)11(14)6-9/h2-3,5,8,10,12,18H,4,6-7H2,1H3;2-3,6,8H,1,4-5,7H2,(H-,15,16,18,19)/p+1. The molecule has 2 aromatic rings. The van der Waals surface area contributed by atoms with Gasteiger partial charge in [-0.15, -0.1) is 10.1 Å². The topological polar surface area (TPSA) is 91.7 Å². The van der Waals surface area contributed by atoms with Crippen molar-refractivity contribution in [1.82, 2.24) is 16.1 Å². The third-order valence-electron chi connectivity index (χ3n) is 5.92. The Hall–Kier alpha value is -3.02. The highest BCUT2D eigenvalue weighted by molar-refractivity contribution is 6.31. The van der Waals surface area contributed by atoms with Crippen molar-refractivity contribution >= 4 is 42.2 Å². The lowest BCUT2D eigenvalue weighted by atomic mass is 9.86. The molecular formula is C26H30Cl2F3N4O4+. The fourth-order valence-electron chi connectivity index (χ4n) is 4.08. The Bertz CT molecular complexity index is 1180. The van der Waals surface area contributed by atoms with Crippen LogP contribution in [0.4, 0.5) is 13.2 Å². The van der Waals surface area contributed by atoms with Crippen LogP contribution in [0.3, 0.4) is 0 Å². The van der Waals surface area contributed by atoms with E-state index in [9.17, 15) is 22.8 Å². The minimum absolute atomic E-state index is 0.0200. The molecule has 3 N–H and O–H groups in total. The largest absolute Gasteiger partial charge is 0.490 e. The zero-order valence-corrected chi connectivity index (χ0v) is 22.7. The van der Waals surface area contributed by atoms with Gasteiger partial charge in [-0.05, 0) is 37.3 Å². The number of nitrogens with one attached hydrogen (secondary N) is 3. The fraction of sp³-hybridized carbons (Fsp3) is 0.423. The van der Waals surface area contributed by atoms with Crippen molar-refractivity contribution < 1.29 is 36.9 Å². The highest BCUT2D eigenvalue weighted by Crippen LogP contribution is 2.42. The zero-order chi connectivity index (χ0) is 28.6. The van der Waals surface area contributed by atoms with E-state index in [1.54, 1.807) is 6.07 Å². The minimum Gasteiger partial charge on any atom is -0.490 e. The van der Waals surface area contributed by atoms with Crippen molar-refractivity contribution in [2.24, 2.45) is 0 Å². The van der Waals surface area contributed by atoms with Crippen LogP contribution in [0.25, 0.3) is 0 Å². The Morgan fingerprint density at radius 2 is 2.00 bits per heavy atom. The molecule has 1 aliphatic heterocycles. The first-order valence-electron chi connectivity index (χ1n) is 12.2. The molecule has 8 nitrogen and oxygen atoms in total. The number of hydrogen-bond acceptors (Lipinski definition) is 5. The van der Waals surface area contributed by atoms with Gasteiger partial charge in [-0.1, -0.05) is 23.2 Å². The number of hydrazine groups is 1. The molecule has 1 heterocycles. The third-order valence-corrected chi connectivity index (χ3v) is 6.46. The number of hydrogen-bond donors (Lipinski definition) is 3. The highest BCUT2D eigenvalue weighted by Gasteiger charge is 2.46. The average Bonchev–Trinajstić information content (AvgIpc) is 2.84. The number of fused-ring (bicyclic) bond motifs is 1. The van der Waals surface area contributed by atoms with Crippen molar-refractivity contribution in [3.8, 4) is 11.5 Å². The number of alkyl halides is 2. The maximum Gasteiger partial charge on any atom is 0.311 e. The molecule has 1 saturated carbocycles. The second-order valence-corrected chi connectivity index (χ2v) is 10.1. The Morgan fingerprint density at radius 1 is 1.26 bits per heavy atom. The lowest BCUT2D eigenvalue weighted by Crippen LogP contribution is -2.50. The van der Waals surface area contributed by atoms with Crippen molar-refractivity contribution in [1.29, 1.82) is 0 Å². The normalized spacial score (nSPS) is 19.2. The number of rotatable bonds is 10. The van der Waals surface area contributed by atoms with Gasteiger partial charge in [0.25, 0.3) is 5.92 Å². The summed E-state index contributed by atoms with van der Waals surface area (Å²) in [6.45, 7) is 5.91. The number of halogens is 5. The second kappa shape index (κ2) is 13.9. The number of hydrazone groups is 1. The van der Waals surface area contributed by atoms with Crippen molar-refractivity contribution in [2.75, 3.05) is 19.7 Å². The van der Waals surface area contributed by atoms with E-state index in [1.165, 1.54) is 16.8 Å². The molecule has 39 heavy (non-hydrogen) atoms. The van der Waals surface area contributed by atoms with E-state index < -0.39 is 17.6 Å². The maximum absolute atomic E-state index is 13.1. The first kappa shape index (κ1) is 30.5. The summed E-state index contributed by atoms with van der Waals surface area (Å²) in [7, 11) is 0. The molecule has 2 aromatic carbocycles. The molecule has 13 heteroatoms. The lowest BCUT2D eigenvalue weighted by Gasteiger charge is -2.40. The van der Waals surface area contributed by atoms with Crippen LogP contribution in [-0.2, 0) is 9.59 Å². The Labute approximate surface area is 234 Å². The van der Waals surface area contributed by atoms with Crippen LogP contribution in [0.5, 0.6) is 11.5 Å². The predicted octanol–water partition coefficient (Wildman–Crippen LogP) is 4.29. The highest BCUT2D eigenvalue weighted by atomic mass is 35.5. The molecule has 2 aliphatic rings. The Morgan fingerprint density at radius 3 is 2.67 bits per heavy atom. The summed E-state index contributed by atoms with van der Waals surface area (Å²) in [5, 5.41) is 6.35. The van der Waals surface area contributed by atoms with Crippen LogP contribution in [0.15, 0.2) is 36.4 Å². The smallest absolute Gasteiger partial charge is 0.311 e. The summed E-state index contributed by atoms with van der Waals surface area (Å²) in [5.41, 5.74) is 3.39. The molecule has 1 aliphatic carbocycles. The van der Waals surface area contributed by atoms with E-state index in [0.29, 0.717) is 24.5 Å². The van der Waals surface area contributed by atoms with Crippen LogP contribution in [0, 0.1) is 5.82 Å². The first-order valence-corrected chi connectivity index (χ1v) is 12.9. The summed E-state index contributed by atoms with van der Waals surface area (Å²) in [4.78, 5) is 21.5. The number of carbonyl (C=O) groups excluding carboxylic acids is 2. The Kier molecular flexibility index (Phi) is 10.8. The second-order valence-electron chi connectivity index (χ2n) is 9.26. The van der Waals surface area contributed by atoms with E-state index >= 15 is 0 Å². The van der Waals surface area contributed by atoms with Crippen LogP contribution < -0.4 is 25.5 Å². The molecule has 2 amide bonds. The molecule has 212 valence electrons. The van der Waals surface area contributed by atoms with Gasteiger partial charge in [0.1, 0.15) is 17.3 Å². The molecule has 0 bridgehead atoms. The Balaban J connectivity index is 0.000000216. The van der Waals surface area contributed by atoms with Gasteiger partial charge in [0.15, 0.2) is 19.9 Å². The van der Waals surface area contributed by atoms with Crippen molar-refractivity contribution in [2.45, 2.75) is 50.3 Å². The van der Waals surface area contributed by atoms with Crippen molar-refractivity contribution in [3.05, 3.63) is 57.8 Å². The zero-order valence-electron chi connectivity index (χ0n) is 21.2. The van der Waals surface area contributed by atoms with Crippen LogP contribution in [0.1, 0.15) is 37.8 Å². The quantitative estimate of drug-likeness (QED) is 0.126. The van der Waals surface area contributed by atoms with Gasteiger partial charge in [0, 0.05) is 48.0 Å². The maximum atomic E-state index is 13.1. The number of carbonyl (C=O) groups is 2. The summed E-state index contributed by atoms with van der Waals surface area (Å²) in [5.74, 6) is -2.58. The molecule has 0 saturated heterocycles. The van der Waals surface area contributed by atoms with Gasteiger partial charge in [-0.25, -0.2) is 13.2 Å². The fourth-order valence-corrected chi connectivity index (χ4v) is 4.38. The van der Waals surface area contributed by atoms with E-state index in [2.05, 4.69) is 22.8 Å². The predicted molar refractivity (Wildman–Crippen MR) is 141 cm³/mol. The van der Waals surface area contributed by atoms with Crippen LogP contribution in [-0.4, -0.2) is 61.5 Å². The van der Waals surface area contributed by atoms with Gasteiger partial charge >= 0.3 is 5.91 Å².